The van der Waals surface area contributed by atoms with Gasteiger partial charge in [0.2, 0.25) is 0 Å². The van der Waals surface area contributed by atoms with Crippen molar-refractivity contribution in [3.8, 4) is 0 Å². The van der Waals surface area contributed by atoms with Crippen molar-refractivity contribution >= 4 is 44.5 Å². The normalized spacial score (nSPS) is 18.4. The summed E-state index contributed by atoms with van der Waals surface area (Å²) in [5.74, 6) is 0. The molecule has 0 aliphatic carbocycles. The quantitative estimate of drug-likeness (QED) is 0.853. The van der Waals surface area contributed by atoms with Crippen molar-refractivity contribution in [2.24, 2.45) is 5.73 Å². The van der Waals surface area contributed by atoms with Crippen molar-refractivity contribution in [2.75, 3.05) is 32.7 Å². The highest BCUT2D eigenvalue weighted by Crippen LogP contribution is 2.24. The lowest BCUT2D eigenvalue weighted by atomic mass is 10.3. The van der Waals surface area contributed by atoms with Gasteiger partial charge in [0.1, 0.15) is 0 Å². The standard InChI is InChI=1S/C11H16BrN3S2/c12-9-1-6-17-10(9)7-14-2-4-15(5-3-14)8-11(13)16/h1,6H,2-5,7-8H2,(H2,13,16). The highest BCUT2D eigenvalue weighted by Gasteiger charge is 2.18. The Morgan fingerprint density at radius 3 is 2.53 bits per heavy atom. The molecule has 1 fully saturated rings. The molecule has 0 amide bonds. The van der Waals surface area contributed by atoms with Crippen LogP contribution in [0.5, 0.6) is 0 Å². The van der Waals surface area contributed by atoms with E-state index in [1.54, 1.807) is 0 Å². The molecule has 0 atom stereocenters. The molecule has 6 heteroatoms. The number of nitrogens with zero attached hydrogens (tertiary/aromatic N) is 2. The van der Waals surface area contributed by atoms with Gasteiger partial charge in [0.05, 0.1) is 4.99 Å². The number of thiophene rings is 1. The summed E-state index contributed by atoms with van der Waals surface area (Å²) in [5, 5.41) is 2.13. The van der Waals surface area contributed by atoms with E-state index in [0.717, 1.165) is 39.3 Å². The maximum absolute atomic E-state index is 5.56. The van der Waals surface area contributed by atoms with Crippen molar-refractivity contribution in [3.63, 3.8) is 0 Å². The second-order valence-corrected chi connectivity index (χ2v) is 6.59. The Balaban J connectivity index is 1.79. The van der Waals surface area contributed by atoms with Crippen LogP contribution in [0.3, 0.4) is 0 Å². The predicted molar refractivity (Wildman–Crippen MR) is 80.5 cm³/mol. The zero-order valence-electron chi connectivity index (χ0n) is 9.56. The molecular formula is C11H16BrN3S2. The molecule has 0 spiro atoms. The van der Waals surface area contributed by atoms with Crippen molar-refractivity contribution < 1.29 is 0 Å². The second kappa shape index (κ2) is 6.24. The van der Waals surface area contributed by atoms with Gasteiger partial charge >= 0.3 is 0 Å². The van der Waals surface area contributed by atoms with E-state index in [4.69, 9.17) is 18.0 Å². The molecule has 2 heterocycles. The number of hydrogen-bond acceptors (Lipinski definition) is 4. The van der Waals surface area contributed by atoms with Crippen LogP contribution in [-0.2, 0) is 6.54 Å². The molecule has 2 rings (SSSR count). The number of rotatable bonds is 4. The van der Waals surface area contributed by atoms with Crippen LogP contribution in [0.1, 0.15) is 4.88 Å². The SMILES string of the molecule is NC(=S)CN1CCN(Cc2sccc2Br)CC1. The lowest BCUT2D eigenvalue weighted by Crippen LogP contribution is -2.48. The fraction of sp³-hybridized carbons (Fsp3) is 0.545. The highest BCUT2D eigenvalue weighted by atomic mass is 79.9. The molecule has 1 aromatic heterocycles. The van der Waals surface area contributed by atoms with Crippen molar-refractivity contribution in [1.82, 2.24) is 9.80 Å². The molecule has 0 bridgehead atoms. The summed E-state index contributed by atoms with van der Waals surface area (Å²) >= 11 is 10.3. The van der Waals surface area contributed by atoms with Gasteiger partial charge in [-0.05, 0) is 27.4 Å². The average Bonchev–Trinajstić information content (AvgIpc) is 2.67. The second-order valence-electron chi connectivity index (χ2n) is 4.21. The first kappa shape index (κ1) is 13.4. The molecule has 1 aromatic rings. The molecule has 0 aromatic carbocycles. The summed E-state index contributed by atoms with van der Waals surface area (Å²) in [6.45, 7) is 6.09. The summed E-state index contributed by atoms with van der Waals surface area (Å²) in [4.78, 5) is 6.81. The Labute approximate surface area is 120 Å². The molecule has 1 aliphatic heterocycles. The van der Waals surface area contributed by atoms with Gasteiger partial charge in [0, 0.05) is 48.6 Å². The van der Waals surface area contributed by atoms with Gasteiger partial charge in [-0.15, -0.1) is 11.3 Å². The Bertz CT molecular complexity index is 386. The van der Waals surface area contributed by atoms with E-state index in [2.05, 4.69) is 37.2 Å². The van der Waals surface area contributed by atoms with Crippen LogP contribution in [0.2, 0.25) is 0 Å². The first-order valence-corrected chi connectivity index (χ1v) is 7.68. The van der Waals surface area contributed by atoms with Crippen LogP contribution >= 0.6 is 39.5 Å². The van der Waals surface area contributed by atoms with Gasteiger partial charge in [-0.1, -0.05) is 12.2 Å². The zero-order chi connectivity index (χ0) is 12.3. The van der Waals surface area contributed by atoms with Crippen molar-refractivity contribution in [1.29, 1.82) is 0 Å². The van der Waals surface area contributed by atoms with E-state index in [-0.39, 0.29) is 0 Å². The van der Waals surface area contributed by atoms with E-state index < -0.39 is 0 Å². The maximum atomic E-state index is 5.56. The molecule has 1 aliphatic rings. The number of piperazine rings is 1. The van der Waals surface area contributed by atoms with Gasteiger partial charge in [-0.2, -0.15) is 0 Å². The van der Waals surface area contributed by atoms with Gasteiger partial charge in [-0.3, -0.25) is 9.80 Å². The summed E-state index contributed by atoms with van der Waals surface area (Å²) in [6, 6.07) is 2.11. The molecule has 0 saturated carbocycles. The molecule has 3 nitrogen and oxygen atoms in total. The van der Waals surface area contributed by atoms with Crippen LogP contribution in [0.15, 0.2) is 15.9 Å². The lowest BCUT2D eigenvalue weighted by Gasteiger charge is -2.34. The Hall–Kier alpha value is -0.0100. The van der Waals surface area contributed by atoms with Crippen molar-refractivity contribution in [2.45, 2.75) is 6.54 Å². The van der Waals surface area contributed by atoms with Crippen LogP contribution < -0.4 is 5.73 Å². The smallest absolute Gasteiger partial charge is 0.0870 e. The van der Waals surface area contributed by atoms with Crippen LogP contribution in [-0.4, -0.2) is 47.5 Å². The third-order valence-electron chi connectivity index (χ3n) is 2.90. The molecule has 0 unspecified atom stereocenters. The average molecular weight is 334 g/mol. The minimum Gasteiger partial charge on any atom is -0.392 e. The number of thiocarbonyl (C=S) groups is 1. The van der Waals surface area contributed by atoms with Gasteiger partial charge in [0.25, 0.3) is 0 Å². The molecule has 1 saturated heterocycles. The first-order valence-electron chi connectivity index (χ1n) is 5.60. The highest BCUT2D eigenvalue weighted by molar-refractivity contribution is 9.10. The van der Waals surface area contributed by atoms with Crippen molar-refractivity contribution in [3.05, 3.63) is 20.8 Å². The fourth-order valence-electron chi connectivity index (χ4n) is 1.97. The number of nitrogens with two attached hydrogens (primary N) is 1. The molecule has 2 N–H and O–H groups in total. The van der Waals surface area contributed by atoms with E-state index in [1.807, 2.05) is 11.3 Å². The predicted octanol–water partition coefficient (Wildman–Crippen LogP) is 1.91. The van der Waals surface area contributed by atoms with Gasteiger partial charge in [0.15, 0.2) is 0 Å². The largest absolute Gasteiger partial charge is 0.392 e. The maximum Gasteiger partial charge on any atom is 0.0870 e. The van der Waals surface area contributed by atoms with Crippen LogP contribution in [0.25, 0.3) is 0 Å². The minimum absolute atomic E-state index is 0.597. The monoisotopic (exact) mass is 333 g/mol. The third kappa shape index (κ3) is 3.99. The van der Waals surface area contributed by atoms with Gasteiger partial charge < -0.3 is 5.73 Å². The minimum atomic E-state index is 0.597. The summed E-state index contributed by atoms with van der Waals surface area (Å²) in [5.41, 5.74) is 5.56. The first-order chi connectivity index (χ1) is 8.15. The fourth-order valence-corrected chi connectivity index (χ4v) is 3.67. The van der Waals surface area contributed by atoms with Crippen LogP contribution in [0, 0.1) is 0 Å². The van der Waals surface area contributed by atoms with E-state index in [9.17, 15) is 0 Å². The lowest BCUT2D eigenvalue weighted by molar-refractivity contribution is 0.141. The van der Waals surface area contributed by atoms with E-state index in [1.165, 1.54) is 9.35 Å². The Morgan fingerprint density at radius 2 is 2.00 bits per heavy atom. The molecule has 17 heavy (non-hydrogen) atoms. The summed E-state index contributed by atoms with van der Waals surface area (Å²) in [6.07, 6.45) is 0. The summed E-state index contributed by atoms with van der Waals surface area (Å²) in [7, 11) is 0. The molecular weight excluding hydrogens is 318 g/mol. The molecule has 0 radical (unpaired) electrons. The Kier molecular flexibility index (Phi) is 4.93. The van der Waals surface area contributed by atoms with E-state index >= 15 is 0 Å². The topological polar surface area (TPSA) is 32.5 Å². The Morgan fingerprint density at radius 1 is 1.35 bits per heavy atom. The molecule has 94 valence electrons. The van der Waals surface area contributed by atoms with Gasteiger partial charge in [-0.25, -0.2) is 0 Å². The zero-order valence-corrected chi connectivity index (χ0v) is 12.8. The number of halogens is 1. The van der Waals surface area contributed by atoms with Crippen LogP contribution in [0.4, 0.5) is 0 Å². The summed E-state index contributed by atoms with van der Waals surface area (Å²) < 4.78 is 1.23. The number of hydrogen-bond donors (Lipinski definition) is 1. The third-order valence-corrected chi connectivity index (χ3v) is 4.94. The van der Waals surface area contributed by atoms with E-state index in [0.29, 0.717) is 4.99 Å².